The first kappa shape index (κ1) is 15.2. The molecule has 2 atom stereocenters. The van der Waals surface area contributed by atoms with Crippen LogP contribution in [0.3, 0.4) is 0 Å². The summed E-state index contributed by atoms with van der Waals surface area (Å²) in [5.74, 6) is 0. The van der Waals surface area contributed by atoms with Crippen LogP contribution in [0.5, 0.6) is 0 Å². The van der Waals surface area contributed by atoms with E-state index in [1.165, 1.54) is 19.3 Å². The van der Waals surface area contributed by atoms with Gasteiger partial charge in [-0.2, -0.15) is 5.48 Å². The summed E-state index contributed by atoms with van der Waals surface area (Å²) in [5, 5.41) is 1.93. The Labute approximate surface area is 96.9 Å². The lowest BCUT2D eigenvalue weighted by molar-refractivity contribution is -0.107. The topological polar surface area (TPSA) is 87.3 Å². The highest BCUT2D eigenvalue weighted by atomic mass is 32.3. The van der Waals surface area contributed by atoms with Crippen LogP contribution in [0.25, 0.3) is 0 Å². The van der Waals surface area contributed by atoms with Crippen LogP contribution in [-0.2, 0) is 28.3 Å². The molecule has 0 fully saturated rings. The maximum atomic E-state index is 11.5. The Morgan fingerprint density at radius 1 is 1.44 bits per heavy atom. The van der Waals surface area contributed by atoms with E-state index < -0.39 is 15.7 Å². The molecule has 0 amide bonds. The SMILES string of the molecule is CNO[S+]([O])(=O)C(/C=C/NC(C)C)CC=O. The third-order valence-corrected chi connectivity index (χ3v) is 3.13. The maximum absolute atomic E-state index is 11.5. The molecule has 16 heavy (non-hydrogen) atoms. The van der Waals surface area contributed by atoms with Crippen molar-refractivity contribution in [3.8, 4) is 0 Å². The molecule has 0 aromatic heterocycles. The normalized spacial score (nSPS) is 17.3. The van der Waals surface area contributed by atoms with Gasteiger partial charge in [0.15, 0.2) is 0 Å². The van der Waals surface area contributed by atoms with Gasteiger partial charge in [-0.05, 0) is 34.6 Å². The van der Waals surface area contributed by atoms with Crippen LogP contribution in [-0.4, -0.2) is 24.6 Å². The molecular formula is C9H18N2O4S+. The van der Waals surface area contributed by atoms with Crippen molar-refractivity contribution in [2.45, 2.75) is 31.6 Å². The molecule has 0 saturated carbocycles. The molecule has 0 rings (SSSR count). The summed E-state index contributed by atoms with van der Waals surface area (Å²) in [6.07, 6.45) is 3.30. The minimum absolute atomic E-state index is 0.139. The summed E-state index contributed by atoms with van der Waals surface area (Å²) in [6.45, 7) is 3.83. The van der Waals surface area contributed by atoms with E-state index >= 15 is 0 Å². The van der Waals surface area contributed by atoms with Crippen LogP contribution in [0.1, 0.15) is 20.3 Å². The summed E-state index contributed by atoms with van der Waals surface area (Å²) in [5.41, 5.74) is 2.09. The highest BCUT2D eigenvalue weighted by Gasteiger charge is 2.41. The monoisotopic (exact) mass is 250 g/mol. The van der Waals surface area contributed by atoms with E-state index in [2.05, 4.69) is 15.1 Å². The Hall–Kier alpha value is -0.760. The van der Waals surface area contributed by atoms with Crippen LogP contribution in [0.15, 0.2) is 12.3 Å². The molecule has 0 aliphatic heterocycles. The van der Waals surface area contributed by atoms with Crippen molar-refractivity contribution in [1.82, 2.24) is 10.8 Å². The van der Waals surface area contributed by atoms with Crippen molar-refractivity contribution in [2.24, 2.45) is 0 Å². The van der Waals surface area contributed by atoms with Gasteiger partial charge in [0.2, 0.25) is 5.25 Å². The Kier molecular flexibility index (Phi) is 7.15. The van der Waals surface area contributed by atoms with Gasteiger partial charge in [-0.25, -0.2) is 0 Å². The highest BCUT2D eigenvalue weighted by molar-refractivity contribution is 7.93. The molecule has 0 bridgehead atoms. The van der Waals surface area contributed by atoms with E-state index in [1.54, 1.807) is 0 Å². The van der Waals surface area contributed by atoms with E-state index in [1.807, 2.05) is 13.8 Å². The fraction of sp³-hybridized carbons (Fsp3) is 0.667. The van der Waals surface area contributed by atoms with Crippen molar-refractivity contribution >= 4 is 16.8 Å². The van der Waals surface area contributed by atoms with Gasteiger partial charge >= 0.3 is 10.5 Å². The van der Waals surface area contributed by atoms with Crippen LogP contribution in [0.2, 0.25) is 0 Å². The molecule has 7 heteroatoms. The number of aldehydes is 1. The molecular weight excluding hydrogens is 232 g/mol. The lowest BCUT2D eigenvalue weighted by Gasteiger charge is -2.07. The third-order valence-electron chi connectivity index (χ3n) is 1.64. The average Bonchev–Trinajstić information content (AvgIpc) is 2.15. The molecule has 1 radical (unpaired) electrons. The molecule has 93 valence electrons. The van der Waals surface area contributed by atoms with Crippen molar-refractivity contribution in [2.75, 3.05) is 7.05 Å². The first-order valence-corrected chi connectivity index (χ1v) is 6.36. The number of hydrogen-bond acceptors (Lipinski definition) is 5. The van der Waals surface area contributed by atoms with Gasteiger partial charge in [-0.1, -0.05) is 0 Å². The second-order valence-corrected chi connectivity index (χ2v) is 5.16. The van der Waals surface area contributed by atoms with E-state index in [-0.39, 0.29) is 12.5 Å². The second kappa shape index (κ2) is 7.50. The molecule has 0 heterocycles. The fourth-order valence-corrected chi connectivity index (χ4v) is 1.86. The first-order valence-electron chi connectivity index (χ1n) is 4.89. The van der Waals surface area contributed by atoms with Gasteiger partial charge in [0.05, 0.1) is 11.0 Å². The summed E-state index contributed by atoms with van der Waals surface area (Å²) in [6, 6.07) is 0.195. The van der Waals surface area contributed by atoms with Crippen molar-refractivity contribution in [3.05, 3.63) is 12.3 Å². The summed E-state index contributed by atoms with van der Waals surface area (Å²) in [7, 11) is -2.46. The number of hydrogen-bond donors (Lipinski definition) is 2. The third kappa shape index (κ3) is 5.96. The summed E-state index contributed by atoms with van der Waals surface area (Å²) >= 11 is 0. The molecule has 2 N–H and O–H groups in total. The van der Waals surface area contributed by atoms with Crippen LogP contribution < -0.4 is 10.8 Å². The van der Waals surface area contributed by atoms with Crippen LogP contribution in [0.4, 0.5) is 0 Å². The van der Waals surface area contributed by atoms with Crippen molar-refractivity contribution in [3.63, 3.8) is 0 Å². The molecule has 0 aliphatic carbocycles. The van der Waals surface area contributed by atoms with E-state index in [4.69, 9.17) is 0 Å². The molecule has 0 saturated heterocycles. The standard InChI is InChI=1S/C9H18N2O4S/c1-8(2)11-6-4-9(5-7-12)16(13,14)15-10-3/h4,6-11H,5H2,1-3H3/q+1/b6-4+. The van der Waals surface area contributed by atoms with Crippen LogP contribution >= 0.6 is 0 Å². The predicted molar refractivity (Wildman–Crippen MR) is 60.8 cm³/mol. The molecule has 0 spiro atoms. The Balaban J connectivity index is 4.53. The lowest BCUT2D eigenvalue weighted by Crippen LogP contribution is -2.32. The van der Waals surface area contributed by atoms with Crippen LogP contribution in [0, 0.1) is 0 Å². The van der Waals surface area contributed by atoms with Gasteiger partial charge in [-0.3, -0.25) is 0 Å². The molecule has 6 nitrogen and oxygen atoms in total. The largest absolute Gasteiger partial charge is 0.420 e. The number of nitrogens with one attached hydrogen (secondary N) is 2. The molecule has 2 unspecified atom stereocenters. The van der Waals surface area contributed by atoms with Gasteiger partial charge in [0.1, 0.15) is 6.29 Å². The zero-order valence-corrected chi connectivity index (χ0v) is 10.5. The zero-order chi connectivity index (χ0) is 12.6. The zero-order valence-electron chi connectivity index (χ0n) is 9.64. The van der Waals surface area contributed by atoms with Crippen molar-refractivity contribution in [1.29, 1.82) is 0 Å². The van der Waals surface area contributed by atoms with Gasteiger partial charge in [0.25, 0.3) is 0 Å². The number of carbonyl (C=O) groups excluding carboxylic acids is 1. The van der Waals surface area contributed by atoms with E-state index in [9.17, 15) is 13.6 Å². The maximum Gasteiger partial charge on any atom is 0.420 e. The Bertz CT molecular complexity index is 281. The second-order valence-electron chi connectivity index (χ2n) is 3.40. The fourth-order valence-electron chi connectivity index (χ4n) is 0.921. The van der Waals surface area contributed by atoms with E-state index in [0.717, 1.165) is 0 Å². The Morgan fingerprint density at radius 3 is 2.50 bits per heavy atom. The molecule has 0 aliphatic rings. The van der Waals surface area contributed by atoms with Gasteiger partial charge in [-0.15, -0.1) is 0 Å². The van der Waals surface area contributed by atoms with Gasteiger partial charge in [0, 0.05) is 13.1 Å². The predicted octanol–water partition coefficient (Wildman–Crippen LogP) is 0.367. The highest BCUT2D eigenvalue weighted by Crippen LogP contribution is 2.14. The lowest BCUT2D eigenvalue weighted by atomic mass is 10.3. The molecule has 0 aromatic carbocycles. The van der Waals surface area contributed by atoms with Crippen molar-refractivity contribution < 1.29 is 17.8 Å². The first-order chi connectivity index (χ1) is 7.44. The molecule has 0 aromatic rings. The summed E-state index contributed by atoms with van der Waals surface area (Å²) < 4.78 is 27.3. The average molecular weight is 250 g/mol. The number of rotatable bonds is 8. The number of carbonyl (C=O) groups is 1. The summed E-state index contributed by atoms with van der Waals surface area (Å²) in [4.78, 5) is 10.4. The Morgan fingerprint density at radius 2 is 2.06 bits per heavy atom. The quantitative estimate of drug-likeness (QED) is 0.369. The minimum Gasteiger partial charge on any atom is -0.389 e. The van der Waals surface area contributed by atoms with Gasteiger partial charge < -0.3 is 10.1 Å². The van der Waals surface area contributed by atoms with E-state index in [0.29, 0.717) is 6.29 Å². The number of hydroxylamine groups is 1. The minimum atomic E-state index is -3.80. The smallest absolute Gasteiger partial charge is 0.389 e.